The van der Waals surface area contributed by atoms with Gasteiger partial charge in [-0.25, -0.2) is 14.2 Å². The molecule has 0 N–H and O–H groups in total. The molecule has 0 unspecified atom stereocenters. The van der Waals surface area contributed by atoms with Crippen molar-refractivity contribution < 1.29 is 36.3 Å². The summed E-state index contributed by atoms with van der Waals surface area (Å²) >= 11 is 6.31. The smallest absolute Gasteiger partial charge is 0.420 e. The highest BCUT2D eigenvalue weighted by Crippen LogP contribution is 2.37. The highest BCUT2D eigenvalue weighted by Gasteiger charge is 2.41. The molecule has 34 heavy (non-hydrogen) atoms. The number of furan rings is 1. The third kappa shape index (κ3) is 3.75. The molecule has 5 rings (SSSR count). The normalized spacial score (nSPS) is 21.4. The first kappa shape index (κ1) is 22.5. The first-order valence-electron chi connectivity index (χ1n) is 10.3. The number of piperidine rings is 1. The summed E-state index contributed by atoms with van der Waals surface area (Å²) in [6, 6.07) is 1.64. The molecule has 0 bridgehead atoms. The topological polar surface area (TPSA) is 80.3 Å². The number of ether oxygens (including phenoxy) is 1. The monoisotopic (exact) mass is 500 g/mol. The molecule has 3 aromatic rings. The van der Waals surface area contributed by atoms with Crippen LogP contribution in [0.1, 0.15) is 22.5 Å². The first-order valence-corrected chi connectivity index (χ1v) is 10.7. The third-order valence-electron chi connectivity index (χ3n) is 6.01. The molecule has 2 aliphatic heterocycles. The van der Waals surface area contributed by atoms with E-state index in [1.54, 1.807) is 0 Å². The van der Waals surface area contributed by atoms with Crippen LogP contribution in [0.25, 0.3) is 16.8 Å². The second-order valence-corrected chi connectivity index (χ2v) is 8.39. The van der Waals surface area contributed by atoms with Gasteiger partial charge in [-0.3, -0.25) is 14.1 Å². The van der Waals surface area contributed by atoms with Crippen molar-refractivity contribution in [2.75, 3.05) is 26.2 Å². The highest BCUT2D eigenvalue weighted by atomic mass is 35.5. The van der Waals surface area contributed by atoms with Crippen molar-refractivity contribution in [3.8, 4) is 11.1 Å². The summed E-state index contributed by atoms with van der Waals surface area (Å²) in [7, 11) is 0. The molecule has 3 aromatic heterocycles. The maximum atomic E-state index is 14.9. The largest absolute Gasteiger partial charge is 0.472 e. The van der Waals surface area contributed by atoms with Crippen LogP contribution in [-0.4, -0.2) is 69.6 Å². The van der Waals surface area contributed by atoms with Gasteiger partial charge in [-0.1, -0.05) is 11.6 Å². The zero-order chi connectivity index (χ0) is 24.2. The fraction of sp³-hybridized carbons (Fsp3) is 0.381. The summed E-state index contributed by atoms with van der Waals surface area (Å²) in [4.78, 5) is 31.2. The number of carbonyl (C=O) groups is 2. The van der Waals surface area contributed by atoms with Gasteiger partial charge in [0.1, 0.15) is 17.9 Å². The molecule has 0 aliphatic carbocycles. The van der Waals surface area contributed by atoms with Crippen LogP contribution in [0.15, 0.2) is 35.3 Å². The Morgan fingerprint density at radius 3 is 2.65 bits per heavy atom. The molecule has 0 spiro atoms. The van der Waals surface area contributed by atoms with E-state index in [1.807, 2.05) is 0 Å². The standard InChI is InChI=1S/C21H17ClF4N4O4/c22-17-16(19(31)28-3-1-15(14(23)9-28)29-4-6-34-20(29)32)27-18-13(21(24,25)26)7-12(8-30(17)18)11-2-5-33-10-11/h2,5,7-8,10,14-15H,1,3-4,6,9H2/t14-,15-/m0/s1. The molecule has 2 aliphatic rings. The van der Waals surface area contributed by atoms with Crippen molar-refractivity contribution in [2.24, 2.45) is 0 Å². The number of aromatic nitrogens is 2. The van der Waals surface area contributed by atoms with Crippen LogP contribution >= 0.6 is 11.6 Å². The summed E-state index contributed by atoms with van der Waals surface area (Å²) in [6.45, 7) is 0.146. The quantitative estimate of drug-likeness (QED) is 0.502. The van der Waals surface area contributed by atoms with Crippen LogP contribution in [0.5, 0.6) is 0 Å². The summed E-state index contributed by atoms with van der Waals surface area (Å²) in [6.07, 6.45) is -2.88. The van der Waals surface area contributed by atoms with E-state index in [4.69, 9.17) is 20.8 Å². The van der Waals surface area contributed by atoms with Gasteiger partial charge in [0.05, 0.1) is 37.2 Å². The van der Waals surface area contributed by atoms with Gasteiger partial charge in [-0.15, -0.1) is 0 Å². The Bertz CT molecular complexity index is 1260. The number of likely N-dealkylation sites (tertiary alicyclic amines) is 1. The van der Waals surface area contributed by atoms with E-state index in [0.717, 1.165) is 15.4 Å². The van der Waals surface area contributed by atoms with E-state index in [9.17, 15) is 27.2 Å². The van der Waals surface area contributed by atoms with E-state index < -0.39 is 47.3 Å². The number of imidazole rings is 1. The fourth-order valence-electron chi connectivity index (χ4n) is 4.33. The lowest BCUT2D eigenvalue weighted by Gasteiger charge is -2.37. The Morgan fingerprint density at radius 1 is 1.24 bits per heavy atom. The van der Waals surface area contributed by atoms with Gasteiger partial charge in [0.25, 0.3) is 5.91 Å². The summed E-state index contributed by atoms with van der Waals surface area (Å²) < 4.78 is 67.1. The van der Waals surface area contributed by atoms with Crippen LogP contribution in [0.3, 0.4) is 0 Å². The average molecular weight is 501 g/mol. The van der Waals surface area contributed by atoms with Crippen LogP contribution in [-0.2, 0) is 10.9 Å². The Balaban J connectivity index is 1.48. The van der Waals surface area contributed by atoms with Gasteiger partial charge >= 0.3 is 12.3 Å². The lowest BCUT2D eigenvalue weighted by atomic mass is 10.0. The van der Waals surface area contributed by atoms with Crippen LogP contribution < -0.4 is 0 Å². The van der Waals surface area contributed by atoms with Crippen LogP contribution in [0.2, 0.25) is 5.15 Å². The van der Waals surface area contributed by atoms with Crippen molar-refractivity contribution in [1.29, 1.82) is 0 Å². The Labute approximate surface area is 194 Å². The Kier molecular flexibility index (Phi) is 5.42. The minimum atomic E-state index is -4.78. The number of rotatable bonds is 3. The maximum Gasteiger partial charge on any atom is 0.420 e. The zero-order valence-electron chi connectivity index (χ0n) is 17.4. The van der Waals surface area contributed by atoms with Gasteiger partial charge in [-0.05, 0) is 18.6 Å². The van der Waals surface area contributed by atoms with Crippen molar-refractivity contribution in [1.82, 2.24) is 19.2 Å². The van der Waals surface area contributed by atoms with Crippen LogP contribution in [0.4, 0.5) is 22.4 Å². The van der Waals surface area contributed by atoms with Crippen molar-refractivity contribution in [3.63, 3.8) is 0 Å². The molecule has 13 heteroatoms. The molecular weight excluding hydrogens is 484 g/mol. The van der Waals surface area contributed by atoms with E-state index >= 15 is 0 Å². The molecule has 2 amide bonds. The Hall–Kier alpha value is -3.28. The van der Waals surface area contributed by atoms with E-state index in [2.05, 4.69) is 4.98 Å². The average Bonchev–Trinajstić information content (AvgIpc) is 3.53. The number of pyridine rings is 1. The zero-order valence-corrected chi connectivity index (χ0v) is 18.1. The molecule has 5 heterocycles. The predicted octanol–water partition coefficient (Wildman–Crippen LogP) is 4.27. The van der Waals surface area contributed by atoms with Crippen LogP contribution in [0, 0.1) is 0 Å². The van der Waals surface area contributed by atoms with Gasteiger partial charge in [0.15, 0.2) is 11.3 Å². The molecule has 180 valence electrons. The van der Waals surface area contributed by atoms with Crippen molar-refractivity contribution in [3.05, 3.63) is 47.3 Å². The number of alkyl halides is 4. The second kappa shape index (κ2) is 8.19. The number of amides is 2. The summed E-state index contributed by atoms with van der Waals surface area (Å²) in [5.74, 6) is -0.795. The minimum absolute atomic E-state index is 0.0737. The second-order valence-electron chi connectivity index (χ2n) is 8.03. The number of nitrogens with zero attached hydrogens (tertiary/aromatic N) is 4. The lowest BCUT2D eigenvalue weighted by Crippen LogP contribution is -2.54. The first-order chi connectivity index (χ1) is 16.1. The minimum Gasteiger partial charge on any atom is -0.472 e. The lowest BCUT2D eigenvalue weighted by molar-refractivity contribution is -0.136. The van der Waals surface area contributed by atoms with Gasteiger partial charge in [0, 0.05) is 23.9 Å². The SMILES string of the molecule is O=C(c1nc2c(C(F)(F)F)cc(-c3ccoc3)cn2c1Cl)N1CC[C@H](N2CCOC2=O)[C@@H](F)C1. The third-order valence-corrected chi connectivity index (χ3v) is 6.37. The number of hydrogen-bond donors (Lipinski definition) is 0. The molecule has 0 radical (unpaired) electrons. The number of halogens is 5. The van der Waals surface area contributed by atoms with E-state index in [-0.39, 0.29) is 43.4 Å². The Morgan fingerprint density at radius 2 is 2.03 bits per heavy atom. The highest BCUT2D eigenvalue weighted by molar-refractivity contribution is 6.33. The predicted molar refractivity (Wildman–Crippen MR) is 110 cm³/mol. The molecule has 2 saturated heterocycles. The molecule has 2 atom stereocenters. The van der Waals surface area contributed by atoms with Gasteiger partial charge in [-0.2, -0.15) is 13.2 Å². The van der Waals surface area contributed by atoms with E-state index in [1.165, 1.54) is 29.7 Å². The molecule has 8 nitrogen and oxygen atoms in total. The number of hydrogen-bond acceptors (Lipinski definition) is 5. The molecule has 2 fully saturated rings. The molecule has 0 aromatic carbocycles. The van der Waals surface area contributed by atoms with Crippen molar-refractivity contribution in [2.45, 2.75) is 24.8 Å². The summed E-state index contributed by atoms with van der Waals surface area (Å²) in [5.41, 5.74) is -1.49. The van der Waals surface area contributed by atoms with Gasteiger partial charge in [0.2, 0.25) is 0 Å². The number of carbonyl (C=O) groups excluding carboxylic acids is 2. The number of cyclic esters (lactones) is 1. The summed E-state index contributed by atoms with van der Waals surface area (Å²) in [5, 5.41) is -0.323. The molecular formula is C21H17ClF4N4O4. The fourth-order valence-corrected chi connectivity index (χ4v) is 4.58. The van der Waals surface area contributed by atoms with E-state index in [0.29, 0.717) is 5.56 Å². The van der Waals surface area contributed by atoms with Crippen molar-refractivity contribution >= 4 is 29.2 Å². The van der Waals surface area contributed by atoms with Gasteiger partial charge < -0.3 is 14.1 Å². The number of fused-ring (bicyclic) bond motifs is 1. The molecule has 0 saturated carbocycles. The maximum absolute atomic E-state index is 14.9.